The van der Waals surface area contributed by atoms with Crippen LogP contribution in [0.2, 0.25) is 0 Å². The number of esters is 2. The number of carbonyl (C=O) groups excluding carboxylic acids is 3. The van der Waals surface area contributed by atoms with E-state index in [4.69, 9.17) is 14.2 Å². The molecule has 0 aliphatic heterocycles. The van der Waals surface area contributed by atoms with Gasteiger partial charge in [-0.3, -0.25) is 9.59 Å². The van der Waals surface area contributed by atoms with Crippen molar-refractivity contribution in [1.29, 1.82) is 0 Å². The van der Waals surface area contributed by atoms with Gasteiger partial charge in [0.25, 0.3) is 0 Å². The number of nitrogens with zero attached hydrogens (tertiary/aromatic N) is 1. The molecule has 8 heteroatoms. The lowest BCUT2D eigenvalue weighted by molar-refractivity contribution is -0.889. The topological polar surface area (TPSA) is 102 Å². The van der Waals surface area contributed by atoms with Crippen LogP contribution in [0, 0.1) is 0 Å². The minimum atomic E-state index is -1.12. The second-order valence-electron chi connectivity index (χ2n) is 18.1. The summed E-state index contributed by atoms with van der Waals surface area (Å²) in [4.78, 5) is 36.9. The molecule has 0 radical (unpaired) electrons. The normalized spacial score (nSPS) is 12.8. The quantitative estimate of drug-likeness (QED) is 0.0343. The lowest BCUT2D eigenvalue weighted by Crippen LogP contribution is -2.55. The molecule has 0 aromatic rings. The zero-order valence-electron chi connectivity index (χ0n) is 38.5. The molecule has 8 nitrogen and oxygen atoms in total. The van der Waals surface area contributed by atoms with Crippen LogP contribution in [0.4, 0.5) is 0 Å². The number of quaternary nitrogens is 1. The molecule has 0 rings (SSSR count). The number of aliphatic carboxylic acids is 1. The molecule has 0 saturated carbocycles. The Morgan fingerprint density at radius 1 is 0.456 bits per heavy atom. The largest absolute Gasteiger partial charge is 0.544 e. The van der Waals surface area contributed by atoms with E-state index >= 15 is 0 Å². The molecule has 2 atom stereocenters. The lowest BCUT2D eigenvalue weighted by Gasteiger charge is -2.34. The average Bonchev–Trinajstić information content (AvgIpc) is 3.17. The summed E-state index contributed by atoms with van der Waals surface area (Å²) in [7, 11) is 5.42. The number of hydrogen-bond donors (Lipinski definition) is 0. The lowest BCUT2D eigenvalue weighted by atomic mass is 10.0. The van der Waals surface area contributed by atoms with E-state index in [1.807, 2.05) is 21.1 Å². The summed E-state index contributed by atoms with van der Waals surface area (Å²) in [5, 5.41) is 11.6. The molecule has 0 spiro atoms. The number of hydrogen-bond acceptors (Lipinski definition) is 7. The van der Waals surface area contributed by atoms with E-state index in [1.54, 1.807) is 0 Å². The van der Waals surface area contributed by atoms with E-state index in [1.165, 1.54) is 173 Å². The molecule has 0 aliphatic carbocycles. The third-order valence-corrected chi connectivity index (χ3v) is 11.5. The Bertz CT molecular complexity index is 905. The highest BCUT2D eigenvalue weighted by Gasteiger charge is 2.25. The molecule has 0 fully saturated rings. The summed E-state index contributed by atoms with van der Waals surface area (Å²) in [6, 6.07) is -0.719. The Kier molecular flexibility index (Phi) is 39.9. The van der Waals surface area contributed by atoms with Crippen LogP contribution in [0.25, 0.3) is 0 Å². The van der Waals surface area contributed by atoms with Crippen LogP contribution < -0.4 is 5.11 Å². The van der Waals surface area contributed by atoms with Gasteiger partial charge in [-0.2, -0.15) is 0 Å². The van der Waals surface area contributed by atoms with Crippen LogP contribution in [-0.2, 0) is 28.6 Å². The van der Waals surface area contributed by atoms with Crippen LogP contribution in [0.15, 0.2) is 0 Å². The van der Waals surface area contributed by atoms with E-state index in [9.17, 15) is 19.5 Å². The first-order chi connectivity index (χ1) is 27.6. The van der Waals surface area contributed by atoms with Crippen molar-refractivity contribution in [3.63, 3.8) is 0 Å². The minimum absolute atomic E-state index is 0.0493. The Morgan fingerprint density at radius 2 is 0.772 bits per heavy atom. The molecule has 0 aromatic carbocycles. The summed E-state index contributed by atoms with van der Waals surface area (Å²) >= 11 is 0. The van der Waals surface area contributed by atoms with Gasteiger partial charge in [0.15, 0.2) is 6.10 Å². The fourth-order valence-electron chi connectivity index (χ4n) is 7.66. The van der Waals surface area contributed by atoms with Crippen LogP contribution in [-0.4, -0.2) is 75.5 Å². The Hall–Kier alpha value is -1.67. The highest BCUT2D eigenvalue weighted by atomic mass is 16.6. The standard InChI is InChI=1S/C49H95NO7/c1-6-8-10-12-14-16-18-20-21-22-23-24-25-26-27-28-30-31-33-35-37-39-47(51)56-44-45(43-55-42-41-46(49(53)54)50(3,4)5)57-48(52)40-38-36-34-32-29-19-17-15-13-11-9-7-2/h45-46H,6-44H2,1-5H3. The second kappa shape index (κ2) is 41.1. The Morgan fingerprint density at radius 3 is 1.09 bits per heavy atom. The Balaban J connectivity index is 4.15. The third-order valence-electron chi connectivity index (χ3n) is 11.5. The molecule has 0 amide bonds. The SMILES string of the molecule is CCCCCCCCCCCCCCCCCCCCCCCC(=O)OCC(COCCC(C(=O)[O-])[N+](C)(C)C)OC(=O)CCCCCCCCCCCCCC. The van der Waals surface area contributed by atoms with Crippen molar-refractivity contribution in [2.45, 2.75) is 257 Å². The van der Waals surface area contributed by atoms with Gasteiger partial charge in [-0.05, 0) is 12.8 Å². The number of carboxylic acids is 1. The Labute approximate surface area is 353 Å². The summed E-state index contributed by atoms with van der Waals surface area (Å²) in [5.74, 6) is -1.71. The summed E-state index contributed by atoms with van der Waals surface area (Å²) < 4.78 is 17.2. The van der Waals surface area contributed by atoms with Crippen molar-refractivity contribution < 1.29 is 38.2 Å². The first-order valence-electron chi connectivity index (χ1n) is 24.6. The molecular formula is C49H95NO7. The molecule has 0 aliphatic rings. The average molecular weight is 810 g/mol. The van der Waals surface area contributed by atoms with E-state index in [2.05, 4.69) is 13.8 Å². The van der Waals surface area contributed by atoms with Gasteiger partial charge >= 0.3 is 11.9 Å². The van der Waals surface area contributed by atoms with Crippen molar-refractivity contribution in [2.24, 2.45) is 0 Å². The summed E-state index contributed by atoms with van der Waals surface area (Å²) in [5.41, 5.74) is 0. The summed E-state index contributed by atoms with van der Waals surface area (Å²) in [6.45, 7) is 4.71. The first-order valence-corrected chi connectivity index (χ1v) is 24.6. The van der Waals surface area contributed by atoms with Gasteiger partial charge in [-0.25, -0.2) is 0 Å². The number of ether oxygens (including phenoxy) is 3. The van der Waals surface area contributed by atoms with Crippen molar-refractivity contribution in [2.75, 3.05) is 41.0 Å². The van der Waals surface area contributed by atoms with Crippen LogP contribution in [0.5, 0.6) is 0 Å². The number of likely N-dealkylation sites (N-methyl/N-ethyl adjacent to an activating group) is 1. The van der Waals surface area contributed by atoms with E-state index < -0.39 is 18.1 Å². The van der Waals surface area contributed by atoms with E-state index in [0.29, 0.717) is 12.8 Å². The molecule has 0 aromatic heterocycles. The molecule has 0 saturated heterocycles. The fourth-order valence-corrected chi connectivity index (χ4v) is 7.66. The predicted molar refractivity (Wildman–Crippen MR) is 236 cm³/mol. The molecule has 2 unspecified atom stereocenters. The fraction of sp³-hybridized carbons (Fsp3) is 0.939. The van der Waals surface area contributed by atoms with Gasteiger partial charge in [-0.15, -0.1) is 0 Å². The highest BCUT2D eigenvalue weighted by Crippen LogP contribution is 2.17. The number of rotatable bonds is 45. The van der Waals surface area contributed by atoms with Crippen LogP contribution in [0.1, 0.15) is 245 Å². The van der Waals surface area contributed by atoms with Crippen molar-refractivity contribution in [1.82, 2.24) is 0 Å². The minimum Gasteiger partial charge on any atom is -0.544 e. The van der Waals surface area contributed by atoms with E-state index in [0.717, 1.165) is 38.5 Å². The van der Waals surface area contributed by atoms with E-state index in [-0.39, 0.29) is 42.7 Å². The molecular weight excluding hydrogens is 715 g/mol. The van der Waals surface area contributed by atoms with Gasteiger partial charge in [-0.1, -0.05) is 213 Å². The predicted octanol–water partition coefficient (Wildman–Crippen LogP) is 12.4. The number of unbranched alkanes of at least 4 members (excludes halogenated alkanes) is 31. The maximum absolute atomic E-state index is 12.7. The third kappa shape index (κ3) is 39.6. The molecule has 0 N–H and O–H groups in total. The van der Waals surface area contributed by atoms with Gasteiger partial charge in [0.05, 0.1) is 40.3 Å². The van der Waals surface area contributed by atoms with Gasteiger partial charge in [0.1, 0.15) is 12.6 Å². The maximum atomic E-state index is 12.7. The van der Waals surface area contributed by atoms with Crippen LogP contribution in [0.3, 0.4) is 0 Å². The smallest absolute Gasteiger partial charge is 0.306 e. The van der Waals surface area contributed by atoms with Gasteiger partial charge < -0.3 is 28.6 Å². The van der Waals surface area contributed by atoms with Gasteiger partial charge in [0, 0.05) is 19.3 Å². The molecule has 0 bridgehead atoms. The van der Waals surface area contributed by atoms with Crippen molar-refractivity contribution in [3.8, 4) is 0 Å². The van der Waals surface area contributed by atoms with Crippen molar-refractivity contribution >= 4 is 17.9 Å². The second-order valence-corrected chi connectivity index (χ2v) is 18.1. The number of carboxylic acid groups (broad SMARTS) is 1. The molecule has 57 heavy (non-hydrogen) atoms. The van der Waals surface area contributed by atoms with Crippen LogP contribution >= 0.6 is 0 Å². The maximum Gasteiger partial charge on any atom is 0.306 e. The van der Waals surface area contributed by atoms with Gasteiger partial charge in [0.2, 0.25) is 0 Å². The molecule has 0 heterocycles. The van der Waals surface area contributed by atoms with Crippen molar-refractivity contribution in [3.05, 3.63) is 0 Å². The zero-order valence-corrected chi connectivity index (χ0v) is 38.5. The zero-order chi connectivity index (χ0) is 42.1. The molecule has 338 valence electrons. The first kappa shape index (κ1) is 55.3. The highest BCUT2D eigenvalue weighted by molar-refractivity contribution is 5.70. The number of carbonyl (C=O) groups is 3. The monoisotopic (exact) mass is 810 g/mol. The summed E-state index contributed by atoms with van der Waals surface area (Å²) in [6.07, 6.45) is 42.7.